The summed E-state index contributed by atoms with van der Waals surface area (Å²) in [5, 5.41) is 15.4. The van der Waals surface area contributed by atoms with Crippen LogP contribution in [-0.4, -0.2) is 70.5 Å². The summed E-state index contributed by atoms with van der Waals surface area (Å²) in [5.74, 6) is 1.49. The third-order valence-electron chi connectivity index (χ3n) is 6.91. The summed E-state index contributed by atoms with van der Waals surface area (Å²) in [6.45, 7) is 4.73. The molecule has 8 nitrogen and oxygen atoms in total. The van der Waals surface area contributed by atoms with Crippen LogP contribution in [0.2, 0.25) is 5.02 Å². The lowest BCUT2D eigenvalue weighted by Gasteiger charge is -2.35. The van der Waals surface area contributed by atoms with Crippen molar-refractivity contribution in [1.29, 1.82) is 0 Å². The predicted octanol–water partition coefficient (Wildman–Crippen LogP) is 5.50. The van der Waals surface area contributed by atoms with Crippen molar-refractivity contribution < 1.29 is 23.2 Å². The van der Waals surface area contributed by atoms with Gasteiger partial charge in [-0.05, 0) is 42.5 Å². The highest BCUT2D eigenvalue weighted by Crippen LogP contribution is 2.28. The zero-order chi connectivity index (χ0) is 27.5. The number of aliphatic hydroxyl groups is 1. The van der Waals surface area contributed by atoms with Gasteiger partial charge in [-0.25, -0.2) is 9.37 Å². The van der Waals surface area contributed by atoms with Crippen molar-refractivity contribution in [2.45, 2.75) is 12.6 Å². The molecule has 1 atom stereocenters. The third-order valence-corrected chi connectivity index (χ3v) is 7.24. The number of hydrogen-bond donors (Lipinski definition) is 1. The van der Waals surface area contributed by atoms with E-state index in [4.69, 9.17) is 25.3 Å². The molecule has 6 rings (SSSR count). The first-order valence-corrected chi connectivity index (χ1v) is 13.5. The Bertz CT molecular complexity index is 1580. The van der Waals surface area contributed by atoms with Gasteiger partial charge in [-0.15, -0.1) is 0 Å². The van der Waals surface area contributed by atoms with Gasteiger partial charge in [-0.2, -0.15) is 0 Å². The first kappa shape index (κ1) is 26.5. The molecule has 2 aromatic heterocycles. The average molecular weight is 563 g/mol. The Morgan fingerprint density at radius 1 is 0.975 bits per heavy atom. The van der Waals surface area contributed by atoms with Gasteiger partial charge in [-0.3, -0.25) is 9.80 Å². The summed E-state index contributed by atoms with van der Waals surface area (Å²) in [6, 6.07) is 20.9. The van der Waals surface area contributed by atoms with Gasteiger partial charge in [0.1, 0.15) is 35.5 Å². The van der Waals surface area contributed by atoms with E-state index in [1.165, 1.54) is 12.1 Å². The van der Waals surface area contributed by atoms with Crippen molar-refractivity contribution >= 4 is 22.7 Å². The fourth-order valence-corrected chi connectivity index (χ4v) is 5.02. The number of fused-ring (bicyclic) bond motifs is 1. The van der Waals surface area contributed by atoms with Gasteiger partial charge in [0.25, 0.3) is 0 Å². The van der Waals surface area contributed by atoms with Crippen LogP contribution in [0.25, 0.3) is 33.8 Å². The molecule has 10 heteroatoms. The maximum atomic E-state index is 13.2. The highest BCUT2D eigenvalue weighted by molar-refractivity contribution is 6.33. The summed E-state index contributed by atoms with van der Waals surface area (Å²) in [7, 11) is 0. The maximum Gasteiger partial charge on any atom is 0.227 e. The Morgan fingerprint density at radius 2 is 1.75 bits per heavy atom. The zero-order valence-electron chi connectivity index (χ0n) is 21.7. The van der Waals surface area contributed by atoms with Crippen LogP contribution < -0.4 is 4.74 Å². The van der Waals surface area contributed by atoms with Crippen LogP contribution in [-0.2, 0) is 6.54 Å². The van der Waals surface area contributed by atoms with Gasteiger partial charge in [0, 0.05) is 56.0 Å². The van der Waals surface area contributed by atoms with E-state index < -0.39 is 6.10 Å². The Morgan fingerprint density at radius 3 is 2.55 bits per heavy atom. The minimum atomic E-state index is -0.637. The molecule has 0 amide bonds. The van der Waals surface area contributed by atoms with Crippen LogP contribution in [0.4, 0.5) is 4.39 Å². The normalized spacial score (nSPS) is 15.5. The number of hydrogen-bond acceptors (Lipinski definition) is 8. The van der Waals surface area contributed by atoms with Crippen LogP contribution >= 0.6 is 11.6 Å². The molecule has 206 valence electrons. The minimum Gasteiger partial charge on any atom is -0.491 e. The average Bonchev–Trinajstić information content (AvgIpc) is 3.60. The van der Waals surface area contributed by atoms with Gasteiger partial charge in [0.05, 0.1) is 11.6 Å². The standard InChI is InChI=1S/C30H28ClFN4O4/c31-26-4-2-1-3-25(26)27-16-24(40-34-27)18-36-13-11-35(12-14-36)17-22(37)19-38-23-9-10-29-28(15-23)33-30(39-29)20-5-7-21(32)8-6-20/h1-10,15-16,22,37H,11-14,17-19H2/t22-/m1/s1. The molecule has 0 bridgehead atoms. The summed E-state index contributed by atoms with van der Waals surface area (Å²) in [6.07, 6.45) is -0.637. The largest absolute Gasteiger partial charge is 0.491 e. The van der Waals surface area contributed by atoms with Crippen LogP contribution in [0.5, 0.6) is 5.75 Å². The molecular weight excluding hydrogens is 535 g/mol. The molecule has 1 saturated heterocycles. The van der Waals surface area contributed by atoms with Gasteiger partial charge < -0.3 is 18.8 Å². The van der Waals surface area contributed by atoms with Crippen LogP contribution in [0.1, 0.15) is 5.76 Å². The summed E-state index contributed by atoms with van der Waals surface area (Å²) >= 11 is 6.28. The van der Waals surface area contributed by atoms with Crippen LogP contribution in [0, 0.1) is 5.82 Å². The molecule has 0 aliphatic carbocycles. The van der Waals surface area contributed by atoms with E-state index in [0.29, 0.717) is 46.4 Å². The van der Waals surface area contributed by atoms with Crippen molar-refractivity contribution in [2.75, 3.05) is 39.3 Å². The van der Waals surface area contributed by atoms with Gasteiger partial charge in [0.2, 0.25) is 5.89 Å². The highest BCUT2D eigenvalue weighted by Gasteiger charge is 2.21. The molecule has 0 radical (unpaired) electrons. The highest BCUT2D eigenvalue weighted by atomic mass is 35.5. The lowest BCUT2D eigenvalue weighted by molar-refractivity contribution is 0.0430. The molecular formula is C30H28ClFN4O4. The Kier molecular flexibility index (Phi) is 7.79. The maximum absolute atomic E-state index is 13.2. The molecule has 1 aliphatic heterocycles. The van der Waals surface area contributed by atoms with Crippen molar-refractivity contribution in [3.8, 4) is 28.5 Å². The van der Waals surface area contributed by atoms with E-state index in [-0.39, 0.29) is 12.4 Å². The molecule has 1 aliphatic rings. The topological polar surface area (TPSA) is 88.0 Å². The zero-order valence-corrected chi connectivity index (χ0v) is 22.4. The van der Waals surface area contributed by atoms with E-state index in [2.05, 4.69) is 19.9 Å². The van der Waals surface area contributed by atoms with Crippen molar-refractivity contribution in [2.24, 2.45) is 0 Å². The number of β-amino-alcohol motifs (C(OH)–C–C–N with tert-alkyl or cyclic N) is 1. The molecule has 0 unspecified atom stereocenters. The van der Waals surface area contributed by atoms with E-state index in [1.54, 1.807) is 30.3 Å². The van der Waals surface area contributed by atoms with Crippen molar-refractivity contribution in [3.05, 3.63) is 89.4 Å². The second-order valence-corrected chi connectivity index (χ2v) is 10.3. The quantitative estimate of drug-likeness (QED) is 0.252. The van der Waals surface area contributed by atoms with E-state index in [1.807, 2.05) is 30.3 Å². The number of oxazole rings is 1. The number of nitrogens with zero attached hydrogens (tertiary/aromatic N) is 4. The first-order valence-electron chi connectivity index (χ1n) is 13.1. The van der Waals surface area contributed by atoms with Crippen molar-refractivity contribution in [3.63, 3.8) is 0 Å². The minimum absolute atomic E-state index is 0.164. The molecule has 3 aromatic carbocycles. The van der Waals surface area contributed by atoms with Gasteiger partial charge in [-0.1, -0.05) is 35.0 Å². The smallest absolute Gasteiger partial charge is 0.227 e. The molecule has 0 spiro atoms. The Balaban J connectivity index is 0.963. The molecule has 40 heavy (non-hydrogen) atoms. The van der Waals surface area contributed by atoms with Crippen molar-refractivity contribution in [1.82, 2.24) is 19.9 Å². The summed E-state index contributed by atoms with van der Waals surface area (Å²) in [4.78, 5) is 9.03. The molecule has 0 saturated carbocycles. The number of rotatable bonds is 9. The summed E-state index contributed by atoms with van der Waals surface area (Å²) < 4.78 is 30.4. The number of piperazine rings is 1. The number of aromatic nitrogens is 2. The number of benzene rings is 3. The fraction of sp³-hybridized carbons (Fsp3) is 0.267. The number of halogens is 2. The second kappa shape index (κ2) is 11.8. The molecule has 1 fully saturated rings. The van der Waals surface area contributed by atoms with E-state index >= 15 is 0 Å². The number of ether oxygens (including phenoxy) is 1. The van der Waals surface area contributed by atoms with Gasteiger partial charge >= 0.3 is 0 Å². The van der Waals surface area contributed by atoms with Crippen LogP contribution in [0.3, 0.4) is 0 Å². The van der Waals surface area contributed by atoms with E-state index in [0.717, 1.165) is 43.2 Å². The first-order chi connectivity index (χ1) is 19.5. The monoisotopic (exact) mass is 562 g/mol. The Labute approximate surface area is 235 Å². The second-order valence-electron chi connectivity index (χ2n) is 9.86. The van der Waals surface area contributed by atoms with Crippen LogP contribution in [0.15, 0.2) is 81.7 Å². The fourth-order valence-electron chi connectivity index (χ4n) is 4.79. The third kappa shape index (κ3) is 6.18. The van der Waals surface area contributed by atoms with Gasteiger partial charge in [0.15, 0.2) is 11.3 Å². The number of aliphatic hydroxyl groups excluding tert-OH is 1. The summed E-state index contributed by atoms with van der Waals surface area (Å²) in [5.41, 5.74) is 3.52. The predicted molar refractivity (Wildman–Crippen MR) is 150 cm³/mol. The lowest BCUT2D eigenvalue weighted by atomic mass is 10.1. The van der Waals surface area contributed by atoms with E-state index in [9.17, 15) is 9.50 Å². The molecule has 3 heterocycles. The molecule has 5 aromatic rings. The SMILES string of the molecule is O[C@@H](COc1ccc2oc(-c3ccc(F)cc3)nc2c1)CN1CCN(Cc2cc(-c3ccccc3Cl)no2)CC1. The Hall–Kier alpha value is -3.76. The molecule has 1 N–H and O–H groups in total. The lowest BCUT2D eigenvalue weighted by Crippen LogP contribution is -2.48.